The third kappa shape index (κ3) is 4.24. The highest BCUT2D eigenvalue weighted by molar-refractivity contribution is 6.05. The molecule has 0 saturated carbocycles. The Morgan fingerprint density at radius 2 is 0.765 bits per heavy atom. The first-order valence-electron chi connectivity index (χ1n) is 12.1. The van der Waals surface area contributed by atoms with E-state index in [2.05, 4.69) is 98.8 Å². The minimum absolute atomic E-state index is 0.526. The summed E-state index contributed by atoms with van der Waals surface area (Å²) in [7, 11) is 0. The summed E-state index contributed by atoms with van der Waals surface area (Å²) in [6.07, 6.45) is 1.90. The molecule has 5 aromatic carbocycles. The highest BCUT2D eigenvalue weighted by Gasteiger charge is 2.15. The average Bonchev–Trinajstić information content (AvgIpc) is 2.90. The summed E-state index contributed by atoms with van der Waals surface area (Å²) in [5.41, 5.74) is 4.90. The summed E-state index contributed by atoms with van der Waals surface area (Å²) < 4.78 is 12.8. The maximum atomic E-state index is 6.40. The maximum Gasteiger partial charge on any atom is 0.122 e. The van der Waals surface area contributed by atoms with Gasteiger partial charge < -0.3 is 9.47 Å². The topological polar surface area (TPSA) is 18.5 Å². The first-order valence-corrected chi connectivity index (χ1v) is 12.1. The molecule has 0 aliphatic carbocycles. The number of aryl methyl sites for hydroxylation is 2. The molecule has 0 aliphatic rings. The molecule has 0 atom stereocenters. The van der Waals surface area contributed by atoms with Gasteiger partial charge in [-0.2, -0.15) is 0 Å². The second kappa shape index (κ2) is 10.0. The predicted octanol–water partition coefficient (Wildman–Crippen LogP) is 8.28. The number of fused-ring (bicyclic) bond motifs is 2. The monoisotopic (exact) mass is 446 g/mol. The minimum Gasteiger partial charge on any atom is -0.489 e. The van der Waals surface area contributed by atoms with Gasteiger partial charge >= 0.3 is 0 Å². The first kappa shape index (κ1) is 22.0. The van der Waals surface area contributed by atoms with E-state index in [1.807, 2.05) is 12.1 Å². The van der Waals surface area contributed by atoms with Crippen LogP contribution in [0.5, 0.6) is 11.5 Å². The Morgan fingerprint density at radius 3 is 1.12 bits per heavy atom. The van der Waals surface area contributed by atoms with Crippen molar-refractivity contribution in [1.82, 2.24) is 0 Å². The number of para-hydroxylation sites is 2. The van der Waals surface area contributed by atoms with E-state index < -0.39 is 0 Å². The molecule has 0 amide bonds. The van der Waals surface area contributed by atoms with Gasteiger partial charge in [-0.3, -0.25) is 0 Å². The van der Waals surface area contributed by atoms with E-state index in [0.29, 0.717) is 13.2 Å². The molecular weight excluding hydrogens is 416 g/mol. The van der Waals surface area contributed by atoms with Gasteiger partial charge in [0.2, 0.25) is 0 Å². The number of hydrogen-bond donors (Lipinski definition) is 0. The molecule has 5 rings (SSSR count). The maximum absolute atomic E-state index is 6.40. The molecule has 0 saturated heterocycles. The molecule has 0 heterocycles. The van der Waals surface area contributed by atoms with Crippen molar-refractivity contribution in [2.24, 2.45) is 0 Å². The molecule has 34 heavy (non-hydrogen) atoms. The van der Waals surface area contributed by atoms with Gasteiger partial charge in [-0.25, -0.2) is 0 Å². The lowest BCUT2D eigenvalue weighted by molar-refractivity contribution is 0.304. The molecule has 0 fully saturated rings. The third-order valence-corrected chi connectivity index (χ3v) is 6.61. The van der Waals surface area contributed by atoms with Crippen LogP contribution >= 0.6 is 0 Å². The van der Waals surface area contributed by atoms with Gasteiger partial charge in [0, 0.05) is 11.1 Å². The molecular formula is C32H30O2. The Labute approximate surface area is 201 Å². The van der Waals surface area contributed by atoms with Crippen molar-refractivity contribution >= 4 is 21.5 Å². The summed E-state index contributed by atoms with van der Waals surface area (Å²) in [6, 6.07) is 33.9. The van der Waals surface area contributed by atoms with Crippen molar-refractivity contribution in [3.63, 3.8) is 0 Å². The first-order chi connectivity index (χ1) is 16.8. The number of rotatable bonds is 8. The lowest BCUT2D eigenvalue weighted by Crippen LogP contribution is -2.04. The predicted molar refractivity (Wildman–Crippen MR) is 142 cm³/mol. The van der Waals surface area contributed by atoms with Crippen molar-refractivity contribution in [3.05, 3.63) is 119 Å². The lowest BCUT2D eigenvalue weighted by Gasteiger charge is -2.19. The second-order valence-corrected chi connectivity index (χ2v) is 8.55. The normalized spacial score (nSPS) is 11.1. The molecule has 170 valence electrons. The Bertz CT molecular complexity index is 1270. The molecule has 0 aromatic heterocycles. The molecule has 0 spiro atoms. The Hall–Kier alpha value is -3.78. The average molecular weight is 447 g/mol. The summed E-state index contributed by atoms with van der Waals surface area (Å²) >= 11 is 0. The largest absolute Gasteiger partial charge is 0.489 e. The van der Waals surface area contributed by atoms with Gasteiger partial charge in [0.15, 0.2) is 0 Å². The summed E-state index contributed by atoms with van der Waals surface area (Å²) in [4.78, 5) is 0. The van der Waals surface area contributed by atoms with E-state index in [-0.39, 0.29) is 0 Å². The SMILES string of the molecule is CCc1ccccc1OCc1c2ccccc2c(COc2ccccc2CC)c2ccccc12. The molecule has 2 nitrogen and oxygen atoms in total. The van der Waals surface area contributed by atoms with Crippen LogP contribution in [0.3, 0.4) is 0 Å². The van der Waals surface area contributed by atoms with Gasteiger partial charge in [-0.1, -0.05) is 98.8 Å². The van der Waals surface area contributed by atoms with Gasteiger partial charge in [0.1, 0.15) is 24.7 Å². The zero-order chi connectivity index (χ0) is 23.3. The number of hydrogen-bond acceptors (Lipinski definition) is 2. The van der Waals surface area contributed by atoms with E-state index in [0.717, 1.165) is 24.3 Å². The van der Waals surface area contributed by atoms with Gasteiger partial charge in [0.05, 0.1) is 0 Å². The van der Waals surface area contributed by atoms with E-state index in [9.17, 15) is 0 Å². The third-order valence-electron chi connectivity index (χ3n) is 6.61. The van der Waals surface area contributed by atoms with E-state index in [1.165, 1.54) is 43.8 Å². The van der Waals surface area contributed by atoms with Crippen LogP contribution in [-0.2, 0) is 26.1 Å². The van der Waals surface area contributed by atoms with Crippen LogP contribution in [0, 0.1) is 0 Å². The van der Waals surface area contributed by atoms with E-state index >= 15 is 0 Å². The quantitative estimate of drug-likeness (QED) is 0.223. The standard InChI is InChI=1S/C32H30O2/c1-3-23-13-5-11-19-31(23)33-21-29-25-15-7-9-17-27(25)30(28-18-10-8-16-26(28)29)22-34-32-20-12-6-14-24(32)4-2/h5-20H,3-4,21-22H2,1-2H3. The Kier molecular flexibility index (Phi) is 6.49. The summed E-state index contributed by atoms with van der Waals surface area (Å²) in [6.45, 7) is 5.38. The zero-order valence-electron chi connectivity index (χ0n) is 19.9. The summed E-state index contributed by atoms with van der Waals surface area (Å²) in [5.74, 6) is 1.92. The summed E-state index contributed by atoms with van der Waals surface area (Å²) in [5, 5.41) is 4.88. The van der Waals surface area contributed by atoms with Crippen molar-refractivity contribution in [2.75, 3.05) is 0 Å². The van der Waals surface area contributed by atoms with Crippen LogP contribution in [0.2, 0.25) is 0 Å². The van der Waals surface area contributed by atoms with Crippen LogP contribution in [-0.4, -0.2) is 0 Å². The minimum atomic E-state index is 0.526. The van der Waals surface area contributed by atoms with E-state index in [1.54, 1.807) is 0 Å². The second-order valence-electron chi connectivity index (χ2n) is 8.55. The molecule has 0 bridgehead atoms. The zero-order valence-corrected chi connectivity index (χ0v) is 19.9. The van der Waals surface area contributed by atoms with Crippen molar-refractivity contribution < 1.29 is 9.47 Å². The fourth-order valence-electron chi connectivity index (χ4n) is 4.79. The fraction of sp³-hybridized carbons (Fsp3) is 0.188. The van der Waals surface area contributed by atoms with Crippen LogP contribution in [0.1, 0.15) is 36.1 Å². The number of benzene rings is 5. The number of ether oxygens (including phenoxy) is 2. The van der Waals surface area contributed by atoms with Crippen molar-refractivity contribution in [1.29, 1.82) is 0 Å². The fourth-order valence-corrected chi connectivity index (χ4v) is 4.79. The molecule has 5 aromatic rings. The van der Waals surface area contributed by atoms with Crippen molar-refractivity contribution in [3.8, 4) is 11.5 Å². The molecule has 0 radical (unpaired) electrons. The van der Waals surface area contributed by atoms with Crippen LogP contribution in [0.4, 0.5) is 0 Å². The van der Waals surface area contributed by atoms with E-state index in [4.69, 9.17) is 9.47 Å². The Morgan fingerprint density at radius 1 is 0.441 bits per heavy atom. The van der Waals surface area contributed by atoms with Crippen LogP contribution < -0.4 is 9.47 Å². The lowest BCUT2D eigenvalue weighted by atomic mass is 9.92. The van der Waals surface area contributed by atoms with Gasteiger partial charge in [-0.05, 0) is 57.6 Å². The van der Waals surface area contributed by atoms with Crippen LogP contribution in [0.15, 0.2) is 97.1 Å². The van der Waals surface area contributed by atoms with Gasteiger partial charge in [-0.15, -0.1) is 0 Å². The van der Waals surface area contributed by atoms with Gasteiger partial charge in [0.25, 0.3) is 0 Å². The highest BCUT2D eigenvalue weighted by atomic mass is 16.5. The van der Waals surface area contributed by atoms with Crippen LogP contribution in [0.25, 0.3) is 21.5 Å². The highest BCUT2D eigenvalue weighted by Crippen LogP contribution is 2.35. The molecule has 0 unspecified atom stereocenters. The Balaban J connectivity index is 1.58. The molecule has 2 heteroatoms. The molecule has 0 N–H and O–H groups in total. The molecule has 0 aliphatic heterocycles. The smallest absolute Gasteiger partial charge is 0.122 e. The van der Waals surface area contributed by atoms with Crippen molar-refractivity contribution in [2.45, 2.75) is 39.9 Å².